The lowest BCUT2D eigenvalue weighted by atomic mass is 10.0. The first kappa shape index (κ1) is 12.6. The Balaban J connectivity index is 1.94. The molecular weight excluding hydrogens is 276 g/mol. The number of fused-ring (bicyclic) bond motifs is 1. The van der Waals surface area contributed by atoms with E-state index in [0.29, 0.717) is 5.82 Å². The van der Waals surface area contributed by atoms with Crippen LogP contribution in [0.1, 0.15) is 5.69 Å². The molecule has 0 saturated carbocycles. The van der Waals surface area contributed by atoms with Gasteiger partial charge in [-0.25, -0.2) is 9.50 Å². The normalized spacial score (nSPS) is 11.1. The molecule has 6 nitrogen and oxygen atoms in total. The third kappa shape index (κ3) is 2.01. The summed E-state index contributed by atoms with van der Waals surface area (Å²) < 4.78 is 1.85. The van der Waals surface area contributed by atoms with Gasteiger partial charge in [0.25, 0.3) is 0 Å². The summed E-state index contributed by atoms with van der Waals surface area (Å²) in [5, 5.41) is 11.2. The highest BCUT2D eigenvalue weighted by Crippen LogP contribution is 2.31. The fourth-order valence-corrected chi connectivity index (χ4v) is 2.59. The Labute approximate surface area is 126 Å². The van der Waals surface area contributed by atoms with E-state index in [1.807, 2.05) is 42.0 Å². The maximum Gasteiger partial charge on any atom is 0.124 e. The van der Waals surface area contributed by atoms with Crippen molar-refractivity contribution in [1.82, 2.24) is 24.8 Å². The van der Waals surface area contributed by atoms with E-state index in [-0.39, 0.29) is 0 Å². The van der Waals surface area contributed by atoms with Crippen molar-refractivity contribution in [3.63, 3.8) is 0 Å². The van der Waals surface area contributed by atoms with Gasteiger partial charge in [0.2, 0.25) is 0 Å². The number of nitrogens with zero attached hydrogens (tertiary/aromatic N) is 4. The van der Waals surface area contributed by atoms with Gasteiger partial charge in [0, 0.05) is 29.1 Å². The molecule has 0 aliphatic carbocycles. The quantitative estimate of drug-likeness (QED) is 0.594. The maximum atomic E-state index is 5.88. The first-order chi connectivity index (χ1) is 10.7. The predicted molar refractivity (Wildman–Crippen MR) is 85.2 cm³/mol. The fraction of sp³-hybridized carbons (Fsp3) is 0.0625. The van der Waals surface area contributed by atoms with E-state index in [1.54, 1.807) is 12.3 Å². The van der Waals surface area contributed by atoms with Crippen LogP contribution < -0.4 is 5.73 Å². The van der Waals surface area contributed by atoms with E-state index in [0.717, 1.165) is 33.6 Å². The lowest BCUT2D eigenvalue weighted by molar-refractivity contribution is 0.934. The van der Waals surface area contributed by atoms with E-state index in [9.17, 15) is 0 Å². The molecule has 3 N–H and O–H groups in total. The molecule has 0 spiro atoms. The van der Waals surface area contributed by atoms with Gasteiger partial charge in [-0.3, -0.25) is 5.10 Å². The van der Waals surface area contributed by atoms with Gasteiger partial charge in [0.1, 0.15) is 5.82 Å². The molecule has 4 rings (SSSR count). The summed E-state index contributed by atoms with van der Waals surface area (Å²) in [7, 11) is 0. The predicted octanol–water partition coefficient (Wildman–Crippen LogP) is 2.68. The van der Waals surface area contributed by atoms with Crippen LogP contribution in [-0.4, -0.2) is 24.8 Å². The molecule has 0 aliphatic rings. The van der Waals surface area contributed by atoms with Gasteiger partial charge in [0.15, 0.2) is 0 Å². The van der Waals surface area contributed by atoms with Crippen LogP contribution >= 0.6 is 0 Å². The van der Waals surface area contributed by atoms with Crippen LogP contribution in [0.2, 0.25) is 0 Å². The average Bonchev–Trinajstić information content (AvgIpc) is 3.14. The molecule has 0 amide bonds. The first-order valence-corrected chi connectivity index (χ1v) is 6.93. The van der Waals surface area contributed by atoms with E-state index >= 15 is 0 Å². The van der Waals surface area contributed by atoms with Gasteiger partial charge in [-0.1, -0.05) is 0 Å². The van der Waals surface area contributed by atoms with Gasteiger partial charge in [0.05, 0.1) is 23.1 Å². The molecule has 0 atom stereocenters. The molecule has 4 aromatic rings. The zero-order valence-corrected chi connectivity index (χ0v) is 12.0. The molecule has 0 radical (unpaired) electrons. The second-order valence-electron chi connectivity index (χ2n) is 5.19. The molecular formula is C16H14N6. The summed E-state index contributed by atoms with van der Waals surface area (Å²) in [4.78, 5) is 4.52. The summed E-state index contributed by atoms with van der Waals surface area (Å²) in [6.45, 7) is 1.97. The Morgan fingerprint density at radius 1 is 1.14 bits per heavy atom. The molecule has 0 unspecified atom stereocenters. The number of hydrogen-bond acceptors (Lipinski definition) is 4. The van der Waals surface area contributed by atoms with E-state index in [1.165, 1.54) is 0 Å². The van der Waals surface area contributed by atoms with Crippen molar-refractivity contribution < 1.29 is 0 Å². The minimum atomic E-state index is 0.492. The largest absolute Gasteiger partial charge is 0.384 e. The average molecular weight is 290 g/mol. The zero-order chi connectivity index (χ0) is 15.1. The number of hydrogen-bond donors (Lipinski definition) is 2. The number of nitrogens with one attached hydrogen (secondary N) is 1. The molecule has 0 fully saturated rings. The first-order valence-electron chi connectivity index (χ1n) is 6.93. The van der Waals surface area contributed by atoms with E-state index < -0.39 is 0 Å². The van der Waals surface area contributed by atoms with Crippen molar-refractivity contribution in [2.45, 2.75) is 6.92 Å². The number of pyridine rings is 2. The molecule has 0 bridgehead atoms. The monoisotopic (exact) mass is 290 g/mol. The van der Waals surface area contributed by atoms with Crippen LogP contribution in [0.5, 0.6) is 0 Å². The van der Waals surface area contributed by atoms with Crippen LogP contribution in [0, 0.1) is 6.92 Å². The van der Waals surface area contributed by atoms with E-state index in [4.69, 9.17) is 5.73 Å². The SMILES string of the molecule is Cc1cc2cc(-c3nc(N)ccc3-c3cn[nH]c3)ccn2n1. The third-order valence-electron chi connectivity index (χ3n) is 3.58. The van der Waals surface area contributed by atoms with Gasteiger partial charge < -0.3 is 5.73 Å². The van der Waals surface area contributed by atoms with Crippen LogP contribution in [0.25, 0.3) is 27.9 Å². The van der Waals surface area contributed by atoms with Crippen LogP contribution in [-0.2, 0) is 0 Å². The standard InChI is InChI=1S/C16H14N6/c1-10-6-13-7-11(4-5-22(13)21-10)16-14(2-3-15(17)20-16)12-8-18-19-9-12/h2-9H,1H3,(H2,17,20)(H,18,19). The highest BCUT2D eigenvalue weighted by molar-refractivity contribution is 5.82. The Kier molecular flexibility index (Phi) is 2.69. The number of aryl methyl sites for hydroxylation is 1. The van der Waals surface area contributed by atoms with E-state index in [2.05, 4.69) is 26.3 Å². The highest BCUT2D eigenvalue weighted by atomic mass is 15.2. The molecule has 0 aromatic carbocycles. The van der Waals surface area contributed by atoms with Crippen molar-refractivity contribution in [1.29, 1.82) is 0 Å². The van der Waals surface area contributed by atoms with Crippen LogP contribution in [0.4, 0.5) is 5.82 Å². The Morgan fingerprint density at radius 3 is 2.86 bits per heavy atom. The summed E-state index contributed by atoms with van der Waals surface area (Å²) in [6.07, 6.45) is 5.55. The summed E-state index contributed by atoms with van der Waals surface area (Å²) in [5.74, 6) is 0.492. The minimum Gasteiger partial charge on any atom is -0.384 e. The van der Waals surface area contributed by atoms with Gasteiger partial charge in [-0.05, 0) is 37.3 Å². The number of aromatic amines is 1. The fourth-order valence-electron chi connectivity index (χ4n) is 2.59. The molecule has 0 saturated heterocycles. The summed E-state index contributed by atoms with van der Waals surface area (Å²) >= 11 is 0. The summed E-state index contributed by atoms with van der Waals surface area (Å²) in [5.41, 5.74) is 11.7. The van der Waals surface area contributed by atoms with Crippen molar-refractivity contribution in [2.24, 2.45) is 0 Å². The number of nitrogen functional groups attached to an aromatic ring is 1. The van der Waals surface area contributed by atoms with Crippen molar-refractivity contribution >= 4 is 11.3 Å². The molecule has 22 heavy (non-hydrogen) atoms. The van der Waals surface area contributed by atoms with Crippen molar-refractivity contribution in [3.05, 3.63) is 54.6 Å². The van der Waals surface area contributed by atoms with Gasteiger partial charge >= 0.3 is 0 Å². The number of H-pyrrole nitrogens is 1. The lowest BCUT2D eigenvalue weighted by Crippen LogP contribution is -1.96. The zero-order valence-electron chi connectivity index (χ0n) is 12.0. The molecule has 4 heterocycles. The Hall–Kier alpha value is -3.15. The lowest BCUT2D eigenvalue weighted by Gasteiger charge is -2.08. The number of nitrogens with two attached hydrogens (primary N) is 1. The minimum absolute atomic E-state index is 0.492. The highest BCUT2D eigenvalue weighted by Gasteiger charge is 2.11. The number of aromatic nitrogens is 5. The maximum absolute atomic E-state index is 5.88. The van der Waals surface area contributed by atoms with Crippen molar-refractivity contribution in [2.75, 3.05) is 5.73 Å². The van der Waals surface area contributed by atoms with Gasteiger partial charge in [-0.15, -0.1) is 0 Å². The van der Waals surface area contributed by atoms with Gasteiger partial charge in [-0.2, -0.15) is 10.2 Å². The molecule has 6 heteroatoms. The molecule has 4 aromatic heterocycles. The smallest absolute Gasteiger partial charge is 0.124 e. The Bertz CT molecular complexity index is 952. The number of rotatable bonds is 2. The topological polar surface area (TPSA) is 84.9 Å². The summed E-state index contributed by atoms with van der Waals surface area (Å²) in [6, 6.07) is 9.85. The second-order valence-corrected chi connectivity index (χ2v) is 5.19. The Morgan fingerprint density at radius 2 is 2.05 bits per heavy atom. The molecule has 0 aliphatic heterocycles. The molecule has 108 valence electrons. The number of anilines is 1. The third-order valence-corrected chi connectivity index (χ3v) is 3.58. The van der Waals surface area contributed by atoms with Crippen LogP contribution in [0.15, 0.2) is 48.9 Å². The van der Waals surface area contributed by atoms with Crippen molar-refractivity contribution in [3.8, 4) is 22.4 Å². The second kappa shape index (κ2) is 4.70. The van der Waals surface area contributed by atoms with Crippen LogP contribution in [0.3, 0.4) is 0 Å².